The Hall–Kier alpha value is -1.02. The van der Waals surface area contributed by atoms with Crippen molar-refractivity contribution in [3.8, 4) is 0 Å². The molecule has 0 fully saturated rings. The molecular formula is C10H13NSi. The van der Waals surface area contributed by atoms with Crippen LogP contribution in [0.4, 0.5) is 5.69 Å². The first kappa shape index (κ1) is 7.62. The largest absolute Gasteiger partial charge is 0.362 e. The zero-order chi connectivity index (χ0) is 8.60. The van der Waals surface area contributed by atoms with E-state index in [1.807, 2.05) is 0 Å². The molecule has 0 unspecified atom stereocenters. The maximum Gasteiger partial charge on any atom is 0.108 e. The van der Waals surface area contributed by atoms with Crippen molar-refractivity contribution in [3.63, 3.8) is 0 Å². The summed E-state index contributed by atoms with van der Waals surface area (Å²) in [4.78, 5) is 0. The molecule has 0 spiro atoms. The summed E-state index contributed by atoms with van der Waals surface area (Å²) in [6.07, 6.45) is 2.08. The normalized spacial score (nSPS) is 18.2. The first-order valence-corrected chi connectivity index (χ1v) is 7.32. The van der Waals surface area contributed by atoms with E-state index in [0.29, 0.717) is 0 Å². The van der Waals surface area contributed by atoms with Gasteiger partial charge in [-0.15, -0.1) is 0 Å². The van der Waals surface area contributed by atoms with E-state index in [1.54, 1.807) is 0 Å². The number of benzene rings is 1. The van der Waals surface area contributed by atoms with Gasteiger partial charge in [-0.05, 0) is 17.5 Å². The van der Waals surface area contributed by atoms with Crippen molar-refractivity contribution in [2.24, 2.45) is 0 Å². The molecule has 0 saturated heterocycles. The second-order valence-corrected chi connectivity index (χ2v) is 8.06. The summed E-state index contributed by atoms with van der Waals surface area (Å²) >= 11 is 0. The van der Waals surface area contributed by atoms with E-state index in [1.165, 1.54) is 10.9 Å². The highest BCUT2D eigenvalue weighted by molar-refractivity contribution is 6.95. The van der Waals surface area contributed by atoms with Gasteiger partial charge < -0.3 is 5.32 Å². The van der Waals surface area contributed by atoms with Crippen molar-refractivity contribution in [2.75, 3.05) is 5.32 Å². The minimum absolute atomic E-state index is 1.25. The van der Waals surface area contributed by atoms with E-state index in [-0.39, 0.29) is 0 Å². The fraction of sp³-hybridized carbons (Fsp3) is 0.200. The number of para-hydroxylation sites is 1. The van der Waals surface area contributed by atoms with Crippen molar-refractivity contribution in [1.29, 1.82) is 0 Å². The summed E-state index contributed by atoms with van der Waals surface area (Å²) in [6.45, 7) is 4.73. The highest BCUT2D eigenvalue weighted by Gasteiger charge is 2.24. The average molecular weight is 175 g/mol. The number of hydrogen-bond acceptors (Lipinski definition) is 1. The lowest BCUT2D eigenvalue weighted by Gasteiger charge is -2.25. The van der Waals surface area contributed by atoms with Gasteiger partial charge in [-0.2, -0.15) is 0 Å². The Morgan fingerprint density at radius 3 is 2.67 bits per heavy atom. The maximum atomic E-state index is 3.27. The summed E-state index contributed by atoms with van der Waals surface area (Å²) < 4.78 is 0. The first-order chi connectivity index (χ1) is 5.70. The Morgan fingerprint density at radius 2 is 1.92 bits per heavy atom. The Labute approximate surface area is 74.1 Å². The third-order valence-corrected chi connectivity index (χ3v) is 5.18. The predicted molar refractivity (Wildman–Crippen MR) is 56.3 cm³/mol. The van der Waals surface area contributed by atoms with Crippen molar-refractivity contribution in [3.05, 3.63) is 36.2 Å². The molecule has 1 aromatic carbocycles. The molecule has 0 saturated carbocycles. The second kappa shape index (κ2) is 2.49. The van der Waals surface area contributed by atoms with E-state index in [0.717, 1.165) is 0 Å². The van der Waals surface area contributed by atoms with Crippen LogP contribution in [0.15, 0.2) is 36.2 Å². The molecule has 1 aliphatic heterocycles. The molecule has 1 aromatic rings. The minimum Gasteiger partial charge on any atom is -0.362 e. The lowest BCUT2D eigenvalue weighted by Crippen LogP contribution is -2.43. The quantitative estimate of drug-likeness (QED) is 0.595. The molecular weight excluding hydrogens is 162 g/mol. The van der Waals surface area contributed by atoms with Gasteiger partial charge in [0.25, 0.3) is 0 Å². The predicted octanol–water partition coefficient (Wildman–Crippen LogP) is 2.08. The number of anilines is 1. The second-order valence-electron chi connectivity index (χ2n) is 3.74. The average Bonchev–Trinajstić information content (AvgIpc) is 2.04. The molecule has 1 aliphatic rings. The van der Waals surface area contributed by atoms with Crippen LogP contribution in [-0.4, -0.2) is 8.07 Å². The van der Waals surface area contributed by atoms with Crippen LogP contribution in [0, 0.1) is 0 Å². The summed E-state index contributed by atoms with van der Waals surface area (Å²) in [5.41, 5.74) is 3.62. The molecule has 2 rings (SSSR count). The summed E-state index contributed by atoms with van der Waals surface area (Å²) in [5.74, 6) is 0. The monoisotopic (exact) mass is 175 g/mol. The number of hydrogen-bond donors (Lipinski definition) is 1. The van der Waals surface area contributed by atoms with Gasteiger partial charge in [0.15, 0.2) is 0 Å². The zero-order valence-corrected chi connectivity index (χ0v) is 8.46. The van der Waals surface area contributed by atoms with Crippen LogP contribution in [-0.2, 0) is 0 Å². The molecule has 1 nitrogen and oxygen atoms in total. The highest BCUT2D eigenvalue weighted by atomic mass is 28.3. The lowest BCUT2D eigenvalue weighted by molar-refractivity contribution is 1.56. The third-order valence-electron chi connectivity index (χ3n) is 2.36. The van der Waals surface area contributed by atoms with Crippen LogP contribution < -0.4 is 10.5 Å². The van der Waals surface area contributed by atoms with Gasteiger partial charge in [-0.3, -0.25) is 0 Å². The van der Waals surface area contributed by atoms with Crippen LogP contribution in [0.25, 0.3) is 0 Å². The Bertz CT molecular complexity index is 328. The fourth-order valence-electron chi connectivity index (χ4n) is 1.60. The highest BCUT2D eigenvalue weighted by Crippen LogP contribution is 2.16. The maximum absolute atomic E-state index is 3.27. The van der Waals surface area contributed by atoms with Crippen molar-refractivity contribution < 1.29 is 0 Å². The minimum atomic E-state index is -1.25. The lowest BCUT2D eigenvalue weighted by atomic mass is 10.3. The van der Waals surface area contributed by atoms with Crippen molar-refractivity contribution in [2.45, 2.75) is 13.1 Å². The molecule has 62 valence electrons. The zero-order valence-electron chi connectivity index (χ0n) is 7.46. The Balaban J connectivity index is 2.58. The Morgan fingerprint density at radius 1 is 1.17 bits per heavy atom. The fourth-order valence-corrected chi connectivity index (χ4v) is 3.66. The van der Waals surface area contributed by atoms with E-state index < -0.39 is 8.07 Å². The third kappa shape index (κ3) is 1.08. The summed E-state index contributed by atoms with van der Waals surface area (Å²) in [5, 5.41) is 4.78. The van der Waals surface area contributed by atoms with Gasteiger partial charge in [0.1, 0.15) is 8.07 Å². The molecule has 0 amide bonds. The van der Waals surface area contributed by atoms with Gasteiger partial charge >= 0.3 is 0 Å². The molecule has 0 radical (unpaired) electrons. The van der Waals surface area contributed by atoms with Gasteiger partial charge in [-0.25, -0.2) is 0 Å². The molecule has 0 aliphatic carbocycles. The molecule has 0 bridgehead atoms. The van der Waals surface area contributed by atoms with Crippen molar-refractivity contribution >= 4 is 18.9 Å². The molecule has 1 N–H and O–H groups in total. The summed E-state index contributed by atoms with van der Waals surface area (Å²) in [7, 11) is -1.25. The van der Waals surface area contributed by atoms with Gasteiger partial charge in [0.2, 0.25) is 0 Å². The topological polar surface area (TPSA) is 12.0 Å². The van der Waals surface area contributed by atoms with Crippen LogP contribution >= 0.6 is 0 Å². The van der Waals surface area contributed by atoms with Crippen LogP contribution in [0.1, 0.15) is 0 Å². The van der Waals surface area contributed by atoms with Crippen LogP contribution in [0.5, 0.6) is 0 Å². The number of rotatable bonds is 0. The molecule has 1 heterocycles. The van der Waals surface area contributed by atoms with Crippen LogP contribution in [0.3, 0.4) is 0 Å². The molecule has 0 aromatic heterocycles. The smallest absolute Gasteiger partial charge is 0.108 e. The molecule has 0 atom stereocenters. The van der Waals surface area contributed by atoms with E-state index in [2.05, 4.69) is 54.6 Å². The SMILES string of the molecule is C[Si]1(C)C=CNc2ccccc21. The molecule has 2 heteroatoms. The van der Waals surface area contributed by atoms with E-state index in [4.69, 9.17) is 0 Å². The van der Waals surface area contributed by atoms with Crippen LogP contribution in [0.2, 0.25) is 13.1 Å². The van der Waals surface area contributed by atoms with E-state index >= 15 is 0 Å². The molecule has 12 heavy (non-hydrogen) atoms. The van der Waals surface area contributed by atoms with Crippen molar-refractivity contribution in [1.82, 2.24) is 0 Å². The Kier molecular flexibility index (Phi) is 1.58. The van der Waals surface area contributed by atoms with E-state index in [9.17, 15) is 0 Å². The van der Waals surface area contributed by atoms with Gasteiger partial charge in [0, 0.05) is 5.69 Å². The van der Waals surface area contributed by atoms with Gasteiger partial charge in [0.05, 0.1) is 0 Å². The number of fused-ring (bicyclic) bond motifs is 1. The summed E-state index contributed by atoms with van der Waals surface area (Å²) in [6, 6.07) is 8.58. The van der Waals surface area contributed by atoms with Gasteiger partial charge in [-0.1, -0.05) is 37.0 Å². The first-order valence-electron chi connectivity index (χ1n) is 4.24. The number of nitrogens with one attached hydrogen (secondary N) is 1. The standard InChI is InChI=1S/C10H13NSi/c1-12(2)8-7-11-9-5-3-4-6-10(9)12/h3-8,11H,1-2H3.